The molecular formula is C14H17F3N2O. The molecule has 0 aliphatic heterocycles. The van der Waals surface area contributed by atoms with Crippen molar-refractivity contribution in [2.75, 3.05) is 10.6 Å². The lowest BCUT2D eigenvalue weighted by Gasteiger charge is -2.18. The van der Waals surface area contributed by atoms with Gasteiger partial charge in [-0.25, -0.2) is 0 Å². The minimum absolute atomic E-state index is 0.0751. The third-order valence-electron chi connectivity index (χ3n) is 2.80. The minimum Gasteiger partial charge on any atom is -0.381 e. The number of hydrogen-bond acceptors (Lipinski definition) is 2. The van der Waals surface area contributed by atoms with Crippen LogP contribution in [0.2, 0.25) is 0 Å². The maximum absolute atomic E-state index is 12.7. The highest BCUT2D eigenvalue weighted by atomic mass is 19.4. The molecule has 0 heterocycles. The fourth-order valence-electron chi connectivity index (χ4n) is 1.50. The fraction of sp³-hybridized carbons (Fsp3) is 0.357. The molecule has 1 unspecified atom stereocenters. The summed E-state index contributed by atoms with van der Waals surface area (Å²) >= 11 is 0. The molecule has 6 heteroatoms. The van der Waals surface area contributed by atoms with E-state index in [0.717, 1.165) is 24.6 Å². The SMILES string of the molecule is C=CC(=O)Nc1cc(C(F)(F)F)ccc1NC(C)CC. The Bertz CT molecular complexity index is 498. The molecule has 0 saturated carbocycles. The zero-order valence-electron chi connectivity index (χ0n) is 11.3. The molecule has 1 rings (SSSR count). The van der Waals surface area contributed by atoms with Crippen LogP contribution in [0, 0.1) is 0 Å². The lowest BCUT2D eigenvalue weighted by atomic mass is 10.1. The van der Waals surface area contributed by atoms with Gasteiger partial charge in [-0.1, -0.05) is 13.5 Å². The fourth-order valence-corrected chi connectivity index (χ4v) is 1.50. The standard InChI is InChI=1S/C14H17F3N2O/c1-4-9(3)18-11-7-6-10(14(15,16)17)8-12(11)19-13(20)5-2/h5-9,18H,2,4H2,1,3H3,(H,19,20). The topological polar surface area (TPSA) is 41.1 Å². The van der Waals surface area contributed by atoms with Crippen LogP contribution < -0.4 is 10.6 Å². The van der Waals surface area contributed by atoms with Crippen LogP contribution in [0.5, 0.6) is 0 Å². The van der Waals surface area contributed by atoms with Crippen molar-refractivity contribution in [2.24, 2.45) is 0 Å². The van der Waals surface area contributed by atoms with Crippen molar-refractivity contribution in [1.29, 1.82) is 0 Å². The van der Waals surface area contributed by atoms with Gasteiger partial charge in [-0.05, 0) is 37.6 Å². The second-order valence-electron chi connectivity index (χ2n) is 4.41. The van der Waals surface area contributed by atoms with Gasteiger partial charge in [0.1, 0.15) is 0 Å². The molecule has 1 atom stereocenters. The normalized spacial score (nSPS) is 12.7. The van der Waals surface area contributed by atoms with E-state index in [0.29, 0.717) is 5.69 Å². The van der Waals surface area contributed by atoms with E-state index in [2.05, 4.69) is 17.2 Å². The highest BCUT2D eigenvalue weighted by Crippen LogP contribution is 2.34. The van der Waals surface area contributed by atoms with Crippen molar-refractivity contribution < 1.29 is 18.0 Å². The Kier molecular flexibility index (Phi) is 5.19. The van der Waals surface area contributed by atoms with Gasteiger partial charge in [0, 0.05) is 6.04 Å². The largest absolute Gasteiger partial charge is 0.416 e. The number of amides is 1. The van der Waals surface area contributed by atoms with Gasteiger partial charge in [0.25, 0.3) is 0 Å². The van der Waals surface area contributed by atoms with Crippen LogP contribution in [0.25, 0.3) is 0 Å². The molecule has 0 radical (unpaired) electrons. The molecule has 1 aromatic rings. The zero-order valence-corrected chi connectivity index (χ0v) is 11.3. The Morgan fingerprint density at radius 3 is 2.55 bits per heavy atom. The molecule has 3 nitrogen and oxygen atoms in total. The lowest BCUT2D eigenvalue weighted by Crippen LogP contribution is -2.17. The van der Waals surface area contributed by atoms with Gasteiger partial charge in [0.05, 0.1) is 16.9 Å². The number of carbonyl (C=O) groups excluding carboxylic acids is 1. The zero-order chi connectivity index (χ0) is 15.3. The van der Waals surface area contributed by atoms with Crippen molar-refractivity contribution in [3.63, 3.8) is 0 Å². The van der Waals surface area contributed by atoms with Gasteiger partial charge in [-0.2, -0.15) is 13.2 Å². The minimum atomic E-state index is -4.46. The van der Waals surface area contributed by atoms with Crippen LogP contribution in [-0.4, -0.2) is 11.9 Å². The number of benzene rings is 1. The van der Waals surface area contributed by atoms with E-state index >= 15 is 0 Å². The first kappa shape index (κ1) is 16.1. The number of nitrogens with one attached hydrogen (secondary N) is 2. The molecule has 1 aromatic carbocycles. The summed E-state index contributed by atoms with van der Waals surface area (Å²) in [6.07, 6.45) is -2.65. The van der Waals surface area contributed by atoms with E-state index in [9.17, 15) is 18.0 Å². The number of hydrogen-bond donors (Lipinski definition) is 2. The van der Waals surface area contributed by atoms with Crippen molar-refractivity contribution in [2.45, 2.75) is 32.5 Å². The third kappa shape index (κ3) is 4.29. The monoisotopic (exact) mass is 286 g/mol. The highest BCUT2D eigenvalue weighted by Gasteiger charge is 2.31. The van der Waals surface area contributed by atoms with Crippen LogP contribution in [-0.2, 0) is 11.0 Å². The average Bonchev–Trinajstić information content (AvgIpc) is 2.39. The summed E-state index contributed by atoms with van der Waals surface area (Å²) in [6.45, 7) is 7.13. The van der Waals surface area contributed by atoms with E-state index in [1.54, 1.807) is 0 Å². The van der Waals surface area contributed by atoms with E-state index < -0.39 is 17.6 Å². The van der Waals surface area contributed by atoms with Crippen molar-refractivity contribution in [1.82, 2.24) is 0 Å². The Hall–Kier alpha value is -1.98. The molecule has 1 amide bonds. The number of rotatable bonds is 5. The summed E-state index contributed by atoms with van der Waals surface area (Å²) in [6, 6.07) is 3.28. The summed E-state index contributed by atoms with van der Waals surface area (Å²) in [7, 11) is 0. The van der Waals surface area contributed by atoms with Gasteiger partial charge < -0.3 is 10.6 Å². The Morgan fingerprint density at radius 1 is 1.40 bits per heavy atom. The molecular weight excluding hydrogens is 269 g/mol. The summed E-state index contributed by atoms with van der Waals surface area (Å²) in [4.78, 5) is 11.3. The summed E-state index contributed by atoms with van der Waals surface area (Å²) in [5.74, 6) is -0.559. The van der Waals surface area contributed by atoms with Crippen molar-refractivity contribution >= 4 is 17.3 Å². The molecule has 2 N–H and O–H groups in total. The maximum atomic E-state index is 12.7. The van der Waals surface area contributed by atoms with Gasteiger partial charge in [-0.3, -0.25) is 4.79 Å². The summed E-state index contributed by atoms with van der Waals surface area (Å²) < 4.78 is 38.1. The molecule has 0 fully saturated rings. The number of anilines is 2. The smallest absolute Gasteiger partial charge is 0.381 e. The molecule has 20 heavy (non-hydrogen) atoms. The van der Waals surface area contributed by atoms with Crippen molar-refractivity contribution in [3.8, 4) is 0 Å². The lowest BCUT2D eigenvalue weighted by molar-refractivity contribution is -0.137. The molecule has 0 saturated heterocycles. The van der Waals surface area contributed by atoms with Crippen LogP contribution in [0.4, 0.5) is 24.5 Å². The van der Waals surface area contributed by atoms with E-state index in [1.807, 2.05) is 13.8 Å². The number of halogens is 3. The third-order valence-corrected chi connectivity index (χ3v) is 2.80. The Morgan fingerprint density at radius 2 is 2.05 bits per heavy atom. The Labute approximate surface area is 115 Å². The van der Waals surface area contributed by atoms with Gasteiger partial charge >= 0.3 is 6.18 Å². The van der Waals surface area contributed by atoms with E-state index in [4.69, 9.17) is 0 Å². The molecule has 110 valence electrons. The van der Waals surface area contributed by atoms with Crippen LogP contribution in [0.3, 0.4) is 0 Å². The van der Waals surface area contributed by atoms with Gasteiger partial charge in [0.15, 0.2) is 0 Å². The van der Waals surface area contributed by atoms with Crippen LogP contribution in [0.1, 0.15) is 25.8 Å². The van der Waals surface area contributed by atoms with Crippen LogP contribution >= 0.6 is 0 Å². The number of alkyl halides is 3. The quantitative estimate of drug-likeness (QED) is 0.802. The van der Waals surface area contributed by atoms with Gasteiger partial charge in [0.2, 0.25) is 5.91 Å². The average molecular weight is 286 g/mol. The summed E-state index contributed by atoms with van der Waals surface area (Å²) in [5.41, 5.74) is -0.279. The van der Waals surface area contributed by atoms with Crippen LogP contribution in [0.15, 0.2) is 30.9 Å². The second kappa shape index (κ2) is 6.45. The first-order valence-corrected chi connectivity index (χ1v) is 6.19. The molecule has 0 aliphatic rings. The van der Waals surface area contributed by atoms with Gasteiger partial charge in [-0.15, -0.1) is 0 Å². The second-order valence-corrected chi connectivity index (χ2v) is 4.41. The molecule has 0 aromatic heterocycles. The highest BCUT2D eigenvalue weighted by molar-refractivity contribution is 6.01. The van der Waals surface area contributed by atoms with E-state index in [-0.39, 0.29) is 11.7 Å². The Balaban J connectivity index is 3.15. The first-order chi connectivity index (χ1) is 9.27. The molecule has 0 aliphatic carbocycles. The van der Waals surface area contributed by atoms with Crippen molar-refractivity contribution in [3.05, 3.63) is 36.4 Å². The molecule has 0 bridgehead atoms. The number of carbonyl (C=O) groups is 1. The first-order valence-electron chi connectivity index (χ1n) is 6.19. The molecule has 0 spiro atoms. The summed E-state index contributed by atoms with van der Waals surface area (Å²) in [5, 5.41) is 5.43. The maximum Gasteiger partial charge on any atom is 0.416 e. The van der Waals surface area contributed by atoms with E-state index in [1.165, 1.54) is 6.07 Å². The predicted molar refractivity (Wildman–Crippen MR) is 73.6 cm³/mol. The predicted octanol–water partition coefficient (Wildman–Crippen LogP) is 4.04.